The van der Waals surface area contributed by atoms with Crippen LogP contribution in [0.15, 0.2) is 23.1 Å². The number of benzene rings is 1. The van der Waals surface area contributed by atoms with Crippen molar-refractivity contribution in [2.45, 2.75) is 23.8 Å². The largest absolute Gasteiger partial charge is 0.478 e. The number of carboxylic acids is 1. The summed E-state index contributed by atoms with van der Waals surface area (Å²) in [6.07, 6.45) is 2.55. The fourth-order valence-electron chi connectivity index (χ4n) is 1.72. The van der Waals surface area contributed by atoms with E-state index in [1.165, 1.54) is 0 Å². The van der Waals surface area contributed by atoms with Crippen molar-refractivity contribution in [3.8, 4) is 0 Å². The van der Waals surface area contributed by atoms with Gasteiger partial charge < -0.3 is 9.84 Å². The summed E-state index contributed by atoms with van der Waals surface area (Å²) in [4.78, 5) is 11.8. The molecule has 0 radical (unpaired) electrons. The van der Waals surface area contributed by atoms with Gasteiger partial charge in [0.15, 0.2) is 0 Å². The molecule has 1 atom stereocenters. The molecular formula is C12H13ClO3S. The number of ether oxygens (including phenoxy) is 1. The molecule has 1 fully saturated rings. The fraction of sp³-hybridized carbons (Fsp3) is 0.417. The lowest BCUT2D eigenvalue weighted by atomic mass is 10.2. The minimum atomic E-state index is -0.995. The number of rotatable bonds is 4. The molecule has 2 rings (SSSR count). The first-order chi connectivity index (χ1) is 8.16. The molecule has 0 saturated carbocycles. The second-order valence-electron chi connectivity index (χ2n) is 3.89. The molecule has 1 aliphatic heterocycles. The average molecular weight is 273 g/mol. The smallest absolute Gasteiger partial charge is 0.337 e. The highest BCUT2D eigenvalue weighted by molar-refractivity contribution is 7.99. The minimum absolute atomic E-state index is 0.146. The van der Waals surface area contributed by atoms with Crippen LogP contribution in [0.3, 0.4) is 0 Å². The topological polar surface area (TPSA) is 46.5 Å². The number of carboxylic acid groups (broad SMARTS) is 1. The Labute approximate surface area is 109 Å². The van der Waals surface area contributed by atoms with E-state index in [1.807, 2.05) is 0 Å². The maximum atomic E-state index is 10.8. The van der Waals surface area contributed by atoms with Gasteiger partial charge in [-0.2, -0.15) is 0 Å². The average Bonchev–Trinajstić information content (AvgIpc) is 2.78. The van der Waals surface area contributed by atoms with Gasteiger partial charge in [0.1, 0.15) is 0 Å². The molecule has 0 bridgehead atoms. The van der Waals surface area contributed by atoms with Crippen LogP contribution in [0.1, 0.15) is 23.2 Å². The van der Waals surface area contributed by atoms with Gasteiger partial charge in [-0.1, -0.05) is 11.6 Å². The molecule has 92 valence electrons. The van der Waals surface area contributed by atoms with Crippen LogP contribution < -0.4 is 0 Å². The van der Waals surface area contributed by atoms with Gasteiger partial charge in [-0.3, -0.25) is 0 Å². The number of thioether (sulfide) groups is 1. The summed E-state index contributed by atoms with van der Waals surface area (Å²) in [5, 5.41) is 9.13. The Balaban J connectivity index is 1.97. The Kier molecular flexibility index (Phi) is 4.31. The first-order valence-electron chi connectivity index (χ1n) is 5.44. The predicted octanol–water partition coefficient (Wildman–Crippen LogP) is 3.31. The number of hydrogen-bond donors (Lipinski definition) is 1. The summed E-state index contributed by atoms with van der Waals surface area (Å²) in [6.45, 7) is 0.851. The number of aromatic carboxylic acids is 1. The van der Waals surface area contributed by atoms with Gasteiger partial charge in [0.25, 0.3) is 0 Å². The minimum Gasteiger partial charge on any atom is -0.478 e. The Morgan fingerprint density at radius 3 is 3.00 bits per heavy atom. The molecule has 1 aromatic rings. The molecule has 0 spiro atoms. The highest BCUT2D eigenvalue weighted by Gasteiger charge is 2.16. The Hall–Kier alpha value is -0.710. The van der Waals surface area contributed by atoms with Crippen molar-refractivity contribution in [1.29, 1.82) is 0 Å². The van der Waals surface area contributed by atoms with E-state index in [-0.39, 0.29) is 10.6 Å². The molecule has 1 unspecified atom stereocenters. The van der Waals surface area contributed by atoms with Crippen LogP contribution in [0.25, 0.3) is 0 Å². The van der Waals surface area contributed by atoms with Crippen LogP contribution in [-0.2, 0) is 4.74 Å². The van der Waals surface area contributed by atoms with E-state index in [4.69, 9.17) is 21.4 Å². The van der Waals surface area contributed by atoms with E-state index < -0.39 is 5.97 Å². The first-order valence-corrected chi connectivity index (χ1v) is 6.80. The van der Waals surface area contributed by atoms with Gasteiger partial charge in [0, 0.05) is 17.3 Å². The first kappa shape index (κ1) is 12.7. The molecule has 17 heavy (non-hydrogen) atoms. The summed E-state index contributed by atoms with van der Waals surface area (Å²) in [6, 6.07) is 5.03. The van der Waals surface area contributed by atoms with Crippen molar-refractivity contribution in [1.82, 2.24) is 0 Å². The summed E-state index contributed by atoms with van der Waals surface area (Å²) >= 11 is 7.54. The van der Waals surface area contributed by atoms with E-state index in [9.17, 15) is 4.79 Å². The van der Waals surface area contributed by atoms with Gasteiger partial charge in [0.05, 0.1) is 16.7 Å². The third-order valence-electron chi connectivity index (χ3n) is 2.63. The lowest BCUT2D eigenvalue weighted by Gasteiger charge is -2.09. The third-order valence-corrected chi connectivity index (χ3v) is 4.07. The summed E-state index contributed by atoms with van der Waals surface area (Å²) in [5.41, 5.74) is 0.146. The molecule has 1 aromatic carbocycles. The highest BCUT2D eigenvalue weighted by Crippen LogP contribution is 2.27. The van der Waals surface area contributed by atoms with Crippen LogP contribution in [0.2, 0.25) is 5.02 Å². The van der Waals surface area contributed by atoms with E-state index in [0.717, 1.165) is 30.1 Å². The van der Waals surface area contributed by atoms with Gasteiger partial charge in [-0.25, -0.2) is 4.79 Å². The van der Waals surface area contributed by atoms with Gasteiger partial charge in [0.2, 0.25) is 0 Å². The normalized spacial score (nSPS) is 19.5. The molecule has 1 N–H and O–H groups in total. The summed E-state index contributed by atoms with van der Waals surface area (Å²) in [5.74, 6) is -0.103. The van der Waals surface area contributed by atoms with Crippen LogP contribution in [0.5, 0.6) is 0 Å². The van der Waals surface area contributed by atoms with Crippen molar-refractivity contribution in [2.24, 2.45) is 0 Å². The molecule has 0 aromatic heterocycles. The van der Waals surface area contributed by atoms with E-state index in [0.29, 0.717) is 6.10 Å². The lowest BCUT2D eigenvalue weighted by Crippen LogP contribution is -2.07. The second kappa shape index (κ2) is 5.76. The zero-order valence-corrected chi connectivity index (χ0v) is 10.8. The van der Waals surface area contributed by atoms with E-state index >= 15 is 0 Å². The molecule has 5 heteroatoms. The Bertz CT molecular complexity index is 416. The van der Waals surface area contributed by atoms with Crippen molar-refractivity contribution >= 4 is 29.3 Å². The van der Waals surface area contributed by atoms with Crippen LogP contribution in [-0.4, -0.2) is 29.5 Å². The maximum absolute atomic E-state index is 10.8. The molecule has 1 saturated heterocycles. The summed E-state index contributed by atoms with van der Waals surface area (Å²) < 4.78 is 5.52. The Morgan fingerprint density at radius 1 is 1.59 bits per heavy atom. The van der Waals surface area contributed by atoms with Gasteiger partial charge in [-0.05, 0) is 31.0 Å². The third kappa shape index (κ3) is 3.37. The summed E-state index contributed by atoms with van der Waals surface area (Å²) in [7, 11) is 0. The Morgan fingerprint density at radius 2 is 2.41 bits per heavy atom. The van der Waals surface area contributed by atoms with E-state index in [2.05, 4.69) is 0 Å². The fourth-order valence-corrected chi connectivity index (χ4v) is 3.06. The highest BCUT2D eigenvalue weighted by atomic mass is 35.5. The standard InChI is InChI=1S/C12H13ClO3S/c13-11-6-9(3-4-10(11)12(14)15)17-7-8-2-1-5-16-8/h3-4,6,8H,1-2,5,7H2,(H,14,15). The molecule has 1 heterocycles. The zero-order chi connectivity index (χ0) is 12.3. The van der Waals surface area contributed by atoms with Crippen molar-refractivity contribution in [3.63, 3.8) is 0 Å². The van der Waals surface area contributed by atoms with Gasteiger partial charge >= 0.3 is 5.97 Å². The molecule has 0 amide bonds. The quantitative estimate of drug-likeness (QED) is 0.854. The molecule has 0 aliphatic carbocycles. The monoisotopic (exact) mass is 272 g/mol. The van der Waals surface area contributed by atoms with Gasteiger partial charge in [-0.15, -0.1) is 11.8 Å². The van der Waals surface area contributed by atoms with Crippen molar-refractivity contribution in [3.05, 3.63) is 28.8 Å². The number of carbonyl (C=O) groups is 1. The van der Waals surface area contributed by atoms with Crippen molar-refractivity contribution in [2.75, 3.05) is 12.4 Å². The number of halogens is 1. The molecular weight excluding hydrogens is 260 g/mol. The zero-order valence-electron chi connectivity index (χ0n) is 9.19. The van der Waals surface area contributed by atoms with Crippen molar-refractivity contribution < 1.29 is 14.6 Å². The maximum Gasteiger partial charge on any atom is 0.337 e. The predicted molar refractivity (Wildman–Crippen MR) is 68.1 cm³/mol. The molecule has 1 aliphatic rings. The second-order valence-corrected chi connectivity index (χ2v) is 5.39. The van der Waals surface area contributed by atoms with Crippen LogP contribution >= 0.6 is 23.4 Å². The molecule has 3 nitrogen and oxygen atoms in total. The number of hydrogen-bond acceptors (Lipinski definition) is 3. The van der Waals surface area contributed by atoms with E-state index in [1.54, 1.807) is 30.0 Å². The lowest BCUT2D eigenvalue weighted by molar-refractivity contribution is 0.0697. The van der Waals surface area contributed by atoms with Crippen LogP contribution in [0.4, 0.5) is 0 Å². The van der Waals surface area contributed by atoms with Crippen LogP contribution in [0, 0.1) is 0 Å². The SMILES string of the molecule is O=C(O)c1ccc(SCC2CCCO2)cc1Cl.